The molecule has 1 N–H and O–H groups in total. The van der Waals surface area contributed by atoms with Crippen LogP contribution < -0.4 is 5.32 Å². The van der Waals surface area contributed by atoms with Crippen LogP contribution >= 0.6 is 0 Å². The zero-order valence-electron chi connectivity index (χ0n) is 12.6. The van der Waals surface area contributed by atoms with Crippen LogP contribution in [0.15, 0.2) is 30.6 Å². The lowest BCUT2D eigenvalue weighted by atomic mass is 9.96. The molecular weight excluding hydrogens is 276 g/mol. The van der Waals surface area contributed by atoms with Gasteiger partial charge in [-0.1, -0.05) is 0 Å². The highest BCUT2D eigenvalue weighted by Crippen LogP contribution is 2.22. The van der Waals surface area contributed by atoms with Gasteiger partial charge in [0.05, 0.1) is 18.4 Å². The van der Waals surface area contributed by atoms with Crippen LogP contribution in [0.5, 0.6) is 0 Å². The second-order valence-electron chi connectivity index (χ2n) is 6.08. The third-order valence-electron chi connectivity index (χ3n) is 4.60. The number of rotatable bonds is 1. The van der Waals surface area contributed by atoms with Crippen LogP contribution in [0.1, 0.15) is 29.8 Å². The number of hydrogen-bond donors (Lipinski definition) is 1. The Bertz CT molecular complexity index is 706. The van der Waals surface area contributed by atoms with Gasteiger partial charge in [-0.25, -0.2) is 4.79 Å². The minimum Gasteiger partial charge on any atom is -0.348 e. The van der Waals surface area contributed by atoms with Crippen LogP contribution in [0.2, 0.25) is 0 Å². The number of amides is 2. The second kappa shape index (κ2) is 5.48. The molecule has 2 amide bonds. The number of fused-ring (bicyclic) bond motifs is 2. The average Bonchev–Trinajstić information content (AvgIpc) is 3.02. The van der Waals surface area contributed by atoms with Crippen LogP contribution in [0.4, 0.5) is 10.5 Å². The van der Waals surface area contributed by atoms with Gasteiger partial charge in [-0.15, -0.1) is 0 Å². The first-order valence-corrected chi connectivity index (χ1v) is 7.97. The highest BCUT2D eigenvalue weighted by atomic mass is 16.2. The van der Waals surface area contributed by atoms with Crippen LogP contribution in [0.25, 0.3) is 0 Å². The zero-order valence-corrected chi connectivity index (χ0v) is 12.6. The minimum absolute atomic E-state index is 0.0370. The number of nitrogens with one attached hydrogen (secondary N) is 1. The highest BCUT2D eigenvalue weighted by Gasteiger charge is 2.20. The highest BCUT2D eigenvalue weighted by molar-refractivity contribution is 5.89. The predicted octanol–water partition coefficient (Wildman–Crippen LogP) is 2.81. The monoisotopic (exact) mass is 296 g/mol. The fraction of sp³-hybridized carbons (Fsp3) is 0.412. The van der Waals surface area contributed by atoms with Crippen molar-refractivity contribution < 1.29 is 4.79 Å². The molecule has 0 saturated carbocycles. The lowest BCUT2D eigenvalue weighted by Crippen LogP contribution is -2.40. The molecule has 2 aliphatic rings. The van der Waals surface area contributed by atoms with E-state index in [0.717, 1.165) is 31.6 Å². The summed E-state index contributed by atoms with van der Waals surface area (Å²) in [6.07, 6.45) is 8.43. The summed E-state index contributed by atoms with van der Waals surface area (Å²) in [7, 11) is 0. The maximum absolute atomic E-state index is 12.4. The van der Waals surface area contributed by atoms with Crippen LogP contribution in [0, 0.1) is 0 Å². The van der Waals surface area contributed by atoms with E-state index >= 15 is 0 Å². The van der Waals surface area contributed by atoms with E-state index in [1.807, 2.05) is 11.0 Å². The van der Waals surface area contributed by atoms with Crippen molar-refractivity contribution in [2.75, 3.05) is 11.9 Å². The summed E-state index contributed by atoms with van der Waals surface area (Å²) in [5.74, 6) is 0. The number of urea groups is 1. The predicted molar refractivity (Wildman–Crippen MR) is 84.7 cm³/mol. The van der Waals surface area contributed by atoms with Crippen molar-refractivity contribution >= 4 is 11.7 Å². The van der Waals surface area contributed by atoms with Gasteiger partial charge >= 0.3 is 6.03 Å². The summed E-state index contributed by atoms with van der Waals surface area (Å²) in [5, 5.41) is 3.00. The number of nitrogens with zero attached hydrogens (tertiary/aromatic N) is 3. The Morgan fingerprint density at radius 2 is 2.14 bits per heavy atom. The number of anilines is 1. The summed E-state index contributed by atoms with van der Waals surface area (Å²) in [6.45, 7) is 2.27. The van der Waals surface area contributed by atoms with Crippen LogP contribution in [-0.2, 0) is 25.9 Å². The molecule has 0 spiro atoms. The van der Waals surface area contributed by atoms with Crippen molar-refractivity contribution in [1.82, 2.24) is 14.5 Å². The van der Waals surface area contributed by atoms with E-state index in [4.69, 9.17) is 0 Å². The van der Waals surface area contributed by atoms with Crippen molar-refractivity contribution in [2.45, 2.75) is 38.8 Å². The topological polar surface area (TPSA) is 50.2 Å². The molecule has 0 aromatic carbocycles. The fourth-order valence-corrected chi connectivity index (χ4v) is 3.35. The SMILES string of the molecule is O=C(Nc1cnc2c(c1)CCCC2)N1CCn2cccc2C1. The van der Waals surface area contributed by atoms with Gasteiger partial charge in [-0.05, 0) is 49.4 Å². The summed E-state index contributed by atoms with van der Waals surface area (Å²) >= 11 is 0. The molecule has 0 atom stereocenters. The molecule has 22 heavy (non-hydrogen) atoms. The summed E-state index contributed by atoms with van der Waals surface area (Å²) < 4.78 is 2.20. The largest absolute Gasteiger partial charge is 0.348 e. The Hall–Kier alpha value is -2.30. The van der Waals surface area contributed by atoms with Crippen molar-refractivity contribution in [2.24, 2.45) is 0 Å². The third kappa shape index (κ3) is 2.47. The number of aromatic nitrogens is 2. The van der Waals surface area contributed by atoms with Gasteiger partial charge in [0.1, 0.15) is 0 Å². The molecule has 2 aromatic rings. The van der Waals surface area contributed by atoms with Crippen LogP contribution in [0.3, 0.4) is 0 Å². The van der Waals surface area contributed by atoms with E-state index in [9.17, 15) is 4.79 Å². The van der Waals surface area contributed by atoms with Crippen molar-refractivity contribution in [1.29, 1.82) is 0 Å². The van der Waals surface area contributed by atoms with Gasteiger partial charge in [-0.3, -0.25) is 4.98 Å². The first kappa shape index (κ1) is 13.4. The van der Waals surface area contributed by atoms with Crippen molar-refractivity contribution in [3.05, 3.63) is 47.5 Å². The second-order valence-corrected chi connectivity index (χ2v) is 6.08. The number of pyridine rings is 1. The van der Waals surface area contributed by atoms with Crippen molar-refractivity contribution in [3.63, 3.8) is 0 Å². The van der Waals surface area contributed by atoms with E-state index in [2.05, 4.69) is 33.2 Å². The third-order valence-corrected chi connectivity index (χ3v) is 4.60. The first-order valence-electron chi connectivity index (χ1n) is 7.97. The molecule has 5 nitrogen and oxygen atoms in total. The number of aryl methyl sites for hydroxylation is 2. The summed E-state index contributed by atoms with van der Waals surface area (Å²) in [4.78, 5) is 18.8. The molecule has 0 fully saturated rings. The van der Waals surface area contributed by atoms with Crippen LogP contribution in [-0.4, -0.2) is 27.0 Å². The maximum atomic E-state index is 12.4. The van der Waals surface area contributed by atoms with Gasteiger partial charge in [-0.2, -0.15) is 0 Å². The van der Waals surface area contributed by atoms with Gasteiger partial charge in [0.15, 0.2) is 0 Å². The molecule has 1 aliphatic heterocycles. The molecule has 0 bridgehead atoms. The van der Waals surface area contributed by atoms with E-state index in [1.54, 1.807) is 6.20 Å². The molecular formula is C17H20N4O. The number of hydrogen-bond acceptors (Lipinski definition) is 2. The number of carbonyl (C=O) groups is 1. The Balaban J connectivity index is 1.46. The van der Waals surface area contributed by atoms with E-state index in [-0.39, 0.29) is 6.03 Å². The van der Waals surface area contributed by atoms with Gasteiger partial charge in [0.25, 0.3) is 0 Å². The minimum atomic E-state index is -0.0370. The van der Waals surface area contributed by atoms with Crippen molar-refractivity contribution in [3.8, 4) is 0 Å². The molecule has 0 unspecified atom stereocenters. The lowest BCUT2D eigenvalue weighted by molar-refractivity contribution is 0.197. The Morgan fingerprint density at radius 1 is 1.23 bits per heavy atom. The van der Waals surface area contributed by atoms with E-state index in [0.29, 0.717) is 6.54 Å². The molecule has 1 aliphatic carbocycles. The normalized spacial score (nSPS) is 16.8. The van der Waals surface area contributed by atoms with E-state index < -0.39 is 0 Å². The van der Waals surface area contributed by atoms with Gasteiger partial charge in [0, 0.05) is 30.7 Å². The number of carbonyl (C=O) groups excluding carboxylic acids is 1. The Kier molecular flexibility index (Phi) is 3.33. The zero-order chi connectivity index (χ0) is 14.9. The summed E-state index contributed by atoms with van der Waals surface area (Å²) in [6, 6.07) is 6.15. The smallest absolute Gasteiger partial charge is 0.322 e. The molecule has 4 rings (SSSR count). The quantitative estimate of drug-likeness (QED) is 0.879. The Labute approximate surface area is 130 Å². The molecule has 0 saturated heterocycles. The Morgan fingerprint density at radius 3 is 3.09 bits per heavy atom. The molecule has 3 heterocycles. The van der Waals surface area contributed by atoms with E-state index in [1.165, 1.54) is 29.8 Å². The molecule has 114 valence electrons. The summed E-state index contributed by atoms with van der Waals surface area (Å²) in [5.41, 5.74) is 4.48. The van der Waals surface area contributed by atoms with Gasteiger partial charge in [0.2, 0.25) is 0 Å². The first-order chi connectivity index (χ1) is 10.8. The molecule has 2 aromatic heterocycles. The lowest BCUT2D eigenvalue weighted by Gasteiger charge is -2.28. The molecule has 5 heteroatoms. The average molecular weight is 296 g/mol. The van der Waals surface area contributed by atoms with Gasteiger partial charge < -0.3 is 14.8 Å². The molecule has 0 radical (unpaired) electrons. The maximum Gasteiger partial charge on any atom is 0.322 e. The fourth-order valence-electron chi connectivity index (χ4n) is 3.35. The standard InChI is InChI=1S/C17H20N4O/c22-17(21-9-8-20-7-3-5-15(20)12-21)19-14-10-13-4-1-2-6-16(13)18-11-14/h3,5,7,10-11H,1-2,4,6,8-9,12H2,(H,19,22).